The van der Waals surface area contributed by atoms with Crippen molar-refractivity contribution in [2.24, 2.45) is 34.3 Å². The zero-order valence-corrected chi connectivity index (χ0v) is 19.2. The van der Waals surface area contributed by atoms with Gasteiger partial charge in [0.2, 0.25) is 5.91 Å². The van der Waals surface area contributed by atoms with E-state index in [-0.39, 0.29) is 25.1 Å². The van der Waals surface area contributed by atoms with Crippen LogP contribution in [0.5, 0.6) is 0 Å². The minimum absolute atomic E-state index is 0.118. The lowest BCUT2D eigenvalue weighted by Crippen LogP contribution is -2.46. The molecule has 2 N–H and O–H groups in total. The zero-order valence-electron chi connectivity index (χ0n) is 18.3. The summed E-state index contributed by atoms with van der Waals surface area (Å²) < 4.78 is 39.6. The molecular weight excluding hydrogens is 416 g/mol. The highest BCUT2D eigenvalue weighted by Crippen LogP contribution is 2.50. The predicted octanol–water partition coefficient (Wildman–Crippen LogP) is 1.15. The molecule has 2 aliphatic rings. The number of hydrogen-bond donors (Lipinski definition) is 1. The Morgan fingerprint density at radius 1 is 1.20 bits per heavy atom. The lowest BCUT2D eigenvalue weighted by Gasteiger charge is -2.36. The molecule has 1 saturated carbocycles. The molecule has 0 aromatic heterocycles. The lowest BCUT2D eigenvalue weighted by atomic mass is 9.64. The van der Waals surface area contributed by atoms with Crippen LogP contribution in [0.15, 0.2) is 0 Å². The summed E-state index contributed by atoms with van der Waals surface area (Å²) in [4.78, 5) is 35.7. The average Bonchev–Trinajstić information content (AvgIpc) is 2.71. The number of carbonyl (C=O) groups excluding carboxylic acids is 3. The number of carbonyl (C=O) groups is 3. The summed E-state index contributed by atoms with van der Waals surface area (Å²) in [5.74, 6) is -2.94. The van der Waals surface area contributed by atoms with Crippen LogP contribution >= 0.6 is 0 Å². The second-order valence-electron chi connectivity index (χ2n) is 9.88. The Balaban J connectivity index is 1.87. The minimum Gasteiger partial charge on any atom is -0.465 e. The zero-order chi connectivity index (χ0) is 23.1. The van der Waals surface area contributed by atoms with E-state index in [9.17, 15) is 22.8 Å². The van der Waals surface area contributed by atoms with Crippen molar-refractivity contribution in [1.29, 1.82) is 0 Å². The summed E-state index contributed by atoms with van der Waals surface area (Å²) in [5, 5.41) is 0.770. The fourth-order valence-corrected chi connectivity index (χ4v) is 4.43. The quantitative estimate of drug-likeness (QED) is 0.518. The van der Waals surface area contributed by atoms with Gasteiger partial charge in [-0.15, -0.1) is 4.28 Å². The van der Waals surface area contributed by atoms with Crippen molar-refractivity contribution in [1.82, 2.24) is 5.06 Å². The first-order valence-electron chi connectivity index (χ1n) is 9.94. The van der Waals surface area contributed by atoms with Crippen LogP contribution in [0.3, 0.4) is 0 Å². The van der Waals surface area contributed by atoms with Gasteiger partial charge in [0.15, 0.2) is 0 Å². The molecule has 11 heteroatoms. The highest BCUT2D eigenvalue weighted by atomic mass is 32.3. The van der Waals surface area contributed by atoms with Crippen molar-refractivity contribution >= 4 is 28.2 Å². The van der Waals surface area contributed by atoms with E-state index < -0.39 is 50.9 Å². The monoisotopic (exact) mass is 448 g/mol. The number of nitrogens with two attached hydrogens (primary N) is 1. The van der Waals surface area contributed by atoms with E-state index in [1.54, 1.807) is 41.5 Å². The SMILES string of the molecule is C[C@H]1[C@@H]2C[C@@H](C(N)=O)C2C(=O)N1OS(=O)(=O)OCC(C)(C)CCOC(=O)C(C)(C)C. The van der Waals surface area contributed by atoms with Gasteiger partial charge in [-0.2, -0.15) is 13.5 Å². The Bertz CT molecular complexity index is 802. The molecule has 2 rings (SSSR count). The molecule has 0 aromatic rings. The first-order valence-corrected chi connectivity index (χ1v) is 11.3. The Labute approximate surface area is 177 Å². The maximum Gasteiger partial charge on any atom is 0.421 e. The van der Waals surface area contributed by atoms with Gasteiger partial charge in [0.25, 0.3) is 5.91 Å². The summed E-state index contributed by atoms with van der Waals surface area (Å²) >= 11 is 0. The Hall–Kier alpha value is -1.72. The Kier molecular flexibility index (Phi) is 6.90. The van der Waals surface area contributed by atoms with E-state index in [2.05, 4.69) is 0 Å². The minimum atomic E-state index is -4.50. The number of amides is 2. The maximum absolute atomic E-state index is 12.5. The molecule has 1 aliphatic heterocycles. The van der Waals surface area contributed by atoms with Gasteiger partial charge >= 0.3 is 16.4 Å². The molecule has 1 heterocycles. The maximum atomic E-state index is 12.5. The van der Waals surface area contributed by atoms with Crippen molar-refractivity contribution in [3.8, 4) is 0 Å². The van der Waals surface area contributed by atoms with Crippen LogP contribution in [0.4, 0.5) is 0 Å². The number of primary amides is 1. The van der Waals surface area contributed by atoms with Crippen LogP contribution in [-0.2, 0) is 38.0 Å². The van der Waals surface area contributed by atoms with E-state index in [1.165, 1.54) is 0 Å². The molecule has 1 unspecified atom stereocenters. The van der Waals surface area contributed by atoms with Crippen LogP contribution < -0.4 is 5.73 Å². The van der Waals surface area contributed by atoms with Gasteiger partial charge in [-0.25, -0.2) is 4.18 Å². The van der Waals surface area contributed by atoms with Crippen molar-refractivity contribution in [3.05, 3.63) is 0 Å². The molecular formula is C19H32N2O8S. The summed E-state index contributed by atoms with van der Waals surface area (Å²) in [5.41, 5.74) is 4.03. The highest BCUT2D eigenvalue weighted by Gasteiger charge is 2.60. The smallest absolute Gasteiger partial charge is 0.421 e. The van der Waals surface area contributed by atoms with Gasteiger partial charge in [0, 0.05) is 0 Å². The molecule has 2 amide bonds. The third-order valence-electron chi connectivity index (χ3n) is 5.67. The van der Waals surface area contributed by atoms with Crippen molar-refractivity contribution in [2.45, 2.75) is 60.4 Å². The van der Waals surface area contributed by atoms with Crippen LogP contribution in [0.1, 0.15) is 54.4 Å². The van der Waals surface area contributed by atoms with Gasteiger partial charge in [-0.3, -0.25) is 14.4 Å². The fourth-order valence-electron chi connectivity index (χ4n) is 3.52. The van der Waals surface area contributed by atoms with Crippen LogP contribution in [-0.4, -0.2) is 50.5 Å². The third kappa shape index (κ3) is 5.50. The number of rotatable bonds is 9. The van der Waals surface area contributed by atoms with Gasteiger partial charge < -0.3 is 10.5 Å². The van der Waals surface area contributed by atoms with E-state index >= 15 is 0 Å². The first-order chi connectivity index (χ1) is 13.6. The average molecular weight is 449 g/mol. The van der Waals surface area contributed by atoms with E-state index in [1.807, 2.05) is 0 Å². The second-order valence-corrected chi connectivity index (χ2v) is 11.1. The highest BCUT2D eigenvalue weighted by molar-refractivity contribution is 7.81. The largest absolute Gasteiger partial charge is 0.465 e. The number of esters is 1. The van der Waals surface area contributed by atoms with Crippen molar-refractivity contribution < 1.29 is 36.0 Å². The number of nitrogens with zero attached hydrogens (tertiary/aromatic N) is 1. The lowest BCUT2D eigenvalue weighted by molar-refractivity contribution is -0.160. The van der Waals surface area contributed by atoms with Crippen LogP contribution in [0, 0.1) is 28.6 Å². The molecule has 10 nitrogen and oxygen atoms in total. The fraction of sp³-hybridized carbons (Fsp3) is 0.842. The van der Waals surface area contributed by atoms with Gasteiger partial charge in [-0.05, 0) is 51.9 Å². The standard InChI is InChI=1S/C19H32N2O8S/c1-11-12-9-13(15(20)22)14(12)16(23)21(11)29-30(25,26)28-10-19(5,6)7-8-27-17(24)18(2,3)4/h11-14H,7-10H2,1-6H3,(H2,20,22)/t11-,12-,13+,14?/m0/s1. The molecule has 1 saturated heterocycles. The van der Waals surface area contributed by atoms with Crippen molar-refractivity contribution in [3.63, 3.8) is 0 Å². The molecule has 172 valence electrons. The molecule has 0 aromatic carbocycles. The molecule has 4 atom stereocenters. The van der Waals surface area contributed by atoms with E-state index in [4.69, 9.17) is 18.9 Å². The normalized spacial score (nSPS) is 26.9. The molecule has 1 aliphatic carbocycles. The van der Waals surface area contributed by atoms with Crippen LogP contribution in [0.25, 0.3) is 0 Å². The molecule has 0 radical (unpaired) electrons. The summed E-state index contributed by atoms with van der Waals surface area (Å²) in [7, 11) is -4.50. The van der Waals surface area contributed by atoms with Gasteiger partial charge in [-0.1, -0.05) is 13.8 Å². The number of ether oxygens (including phenoxy) is 1. The van der Waals surface area contributed by atoms with Crippen LogP contribution in [0.2, 0.25) is 0 Å². The third-order valence-corrected chi connectivity index (χ3v) is 6.42. The topological polar surface area (TPSA) is 142 Å². The number of hydrogen-bond acceptors (Lipinski definition) is 8. The predicted molar refractivity (Wildman–Crippen MR) is 105 cm³/mol. The van der Waals surface area contributed by atoms with E-state index in [0.717, 1.165) is 5.06 Å². The van der Waals surface area contributed by atoms with E-state index in [0.29, 0.717) is 12.8 Å². The Morgan fingerprint density at radius 3 is 2.33 bits per heavy atom. The number of fused-ring (bicyclic) bond motifs is 1. The molecule has 30 heavy (non-hydrogen) atoms. The molecule has 0 bridgehead atoms. The van der Waals surface area contributed by atoms with Crippen molar-refractivity contribution in [2.75, 3.05) is 13.2 Å². The Morgan fingerprint density at radius 2 is 1.80 bits per heavy atom. The summed E-state index contributed by atoms with van der Waals surface area (Å²) in [6, 6.07) is -0.513. The second kappa shape index (κ2) is 8.43. The summed E-state index contributed by atoms with van der Waals surface area (Å²) in [6.45, 7) is 10.3. The summed E-state index contributed by atoms with van der Waals surface area (Å²) in [6.07, 6.45) is 0.793. The molecule has 2 fully saturated rings. The molecule has 0 spiro atoms. The number of hydroxylamine groups is 2. The van der Waals surface area contributed by atoms with Gasteiger partial charge in [0.1, 0.15) is 0 Å². The first kappa shape index (κ1) is 24.5. The van der Waals surface area contributed by atoms with Gasteiger partial charge in [0.05, 0.1) is 36.5 Å².